The van der Waals surface area contributed by atoms with E-state index in [0.29, 0.717) is 22.4 Å². The van der Waals surface area contributed by atoms with Crippen molar-refractivity contribution in [1.82, 2.24) is 10.3 Å². The summed E-state index contributed by atoms with van der Waals surface area (Å²) < 4.78 is 20.5. The highest BCUT2D eigenvalue weighted by Crippen LogP contribution is 2.25. The second-order valence-electron chi connectivity index (χ2n) is 7.47. The van der Waals surface area contributed by atoms with Gasteiger partial charge < -0.3 is 15.2 Å². The highest BCUT2D eigenvalue weighted by atomic mass is 19.1. The Labute approximate surface area is 200 Å². The summed E-state index contributed by atoms with van der Waals surface area (Å²) in [4.78, 5) is 28.1. The molecule has 0 saturated heterocycles. The fourth-order valence-corrected chi connectivity index (χ4v) is 3.36. The first-order valence-electron chi connectivity index (χ1n) is 10.5. The number of nitrogens with one attached hydrogen (secondary N) is 1. The van der Waals surface area contributed by atoms with Crippen LogP contribution in [0, 0.1) is 17.1 Å². The van der Waals surface area contributed by atoms with E-state index in [1.54, 1.807) is 42.5 Å². The molecule has 2 N–H and O–H groups in total. The van der Waals surface area contributed by atoms with Crippen LogP contribution in [0.5, 0.6) is 11.6 Å². The van der Waals surface area contributed by atoms with Gasteiger partial charge >= 0.3 is 5.97 Å². The summed E-state index contributed by atoms with van der Waals surface area (Å²) in [6.45, 7) is -0.0850. The lowest BCUT2D eigenvalue weighted by Gasteiger charge is -2.11. The molecule has 4 aromatic rings. The molecule has 3 aromatic carbocycles. The number of ether oxygens (including phenoxy) is 1. The van der Waals surface area contributed by atoms with Gasteiger partial charge in [0, 0.05) is 18.3 Å². The van der Waals surface area contributed by atoms with Crippen LogP contribution in [0.2, 0.25) is 0 Å². The predicted molar refractivity (Wildman–Crippen MR) is 125 cm³/mol. The molecule has 172 valence electrons. The molecule has 0 atom stereocenters. The Morgan fingerprint density at radius 2 is 1.80 bits per heavy atom. The van der Waals surface area contributed by atoms with Gasteiger partial charge in [0.15, 0.2) is 0 Å². The monoisotopic (exact) mass is 467 g/mol. The summed E-state index contributed by atoms with van der Waals surface area (Å²) in [7, 11) is 0. The summed E-state index contributed by atoms with van der Waals surface area (Å²) >= 11 is 0. The third-order valence-corrected chi connectivity index (χ3v) is 5.13. The number of hydrogen-bond acceptors (Lipinski definition) is 5. The number of carbonyl (C=O) groups is 2. The highest BCUT2D eigenvalue weighted by Gasteiger charge is 2.16. The van der Waals surface area contributed by atoms with Crippen LogP contribution in [-0.4, -0.2) is 22.0 Å². The molecule has 0 radical (unpaired) electrons. The number of carboxylic acids is 1. The molecule has 8 heteroatoms. The third-order valence-electron chi connectivity index (χ3n) is 5.13. The number of benzene rings is 3. The molecule has 0 unspecified atom stereocenters. The number of aromatic carboxylic acids is 1. The Bertz CT molecular complexity index is 1460. The lowest BCUT2D eigenvalue weighted by atomic mass is 10.0. The quantitative estimate of drug-likeness (QED) is 0.387. The molecule has 35 heavy (non-hydrogen) atoms. The Morgan fingerprint density at radius 1 is 1.00 bits per heavy atom. The van der Waals surface area contributed by atoms with Gasteiger partial charge in [-0.25, -0.2) is 14.2 Å². The summed E-state index contributed by atoms with van der Waals surface area (Å²) in [6.07, 6.45) is 1.47. The van der Waals surface area contributed by atoms with Crippen LogP contribution in [-0.2, 0) is 6.54 Å². The average molecular weight is 467 g/mol. The van der Waals surface area contributed by atoms with Gasteiger partial charge in [0.05, 0.1) is 17.2 Å². The van der Waals surface area contributed by atoms with Gasteiger partial charge in [0.2, 0.25) is 5.88 Å². The second-order valence-corrected chi connectivity index (χ2v) is 7.47. The number of carboxylic acid groups (broad SMARTS) is 1. The number of aromatic nitrogens is 1. The zero-order valence-electron chi connectivity index (χ0n) is 18.2. The van der Waals surface area contributed by atoms with Gasteiger partial charge in [-0.1, -0.05) is 30.3 Å². The van der Waals surface area contributed by atoms with Crippen molar-refractivity contribution in [2.45, 2.75) is 6.54 Å². The van der Waals surface area contributed by atoms with Gasteiger partial charge in [0.1, 0.15) is 17.1 Å². The Kier molecular flexibility index (Phi) is 6.79. The normalized spacial score (nSPS) is 10.3. The van der Waals surface area contributed by atoms with E-state index >= 15 is 0 Å². The summed E-state index contributed by atoms with van der Waals surface area (Å²) in [5.41, 5.74) is 1.99. The number of hydrogen-bond donors (Lipinski definition) is 2. The minimum atomic E-state index is -1.07. The van der Waals surface area contributed by atoms with Gasteiger partial charge in [-0.3, -0.25) is 4.79 Å². The molecule has 0 bridgehead atoms. The number of carbonyl (C=O) groups excluding carboxylic acids is 1. The number of rotatable bonds is 7. The van der Waals surface area contributed by atoms with Crippen LogP contribution >= 0.6 is 0 Å². The number of halogens is 1. The molecular weight excluding hydrogens is 449 g/mol. The van der Waals surface area contributed by atoms with Crippen molar-refractivity contribution in [2.75, 3.05) is 0 Å². The van der Waals surface area contributed by atoms with E-state index in [0.717, 1.165) is 0 Å². The van der Waals surface area contributed by atoms with E-state index in [1.165, 1.54) is 42.6 Å². The van der Waals surface area contributed by atoms with Crippen LogP contribution in [0.1, 0.15) is 31.8 Å². The maximum Gasteiger partial charge on any atom is 0.335 e. The summed E-state index contributed by atoms with van der Waals surface area (Å²) in [6, 6.07) is 22.3. The number of amides is 1. The van der Waals surface area contributed by atoms with Crippen LogP contribution in [0.4, 0.5) is 4.39 Å². The SMILES string of the molecule is N#Cc1cccc(Oc2ncccc2C(=O)NCc2ccc(-c3cccc(C(=O)O)c3)cc2F)c1. The first-order chi connectivity index (χ1) is 16.9. The molecule has 1 amide bonds. The van der Waals surface area contributed by atoms with Crippen LogP contribution in [0.15, 0.2) is 85.1 Å². The maximum atomic E-state index is 14.8. The van der Waals surface area contributed by atoms with E-state index in [9.17, 15) is 14.0 Å². The standard InChI is InChI=1S/C27H18FN3O4/c28-24-14-19(18-5-2-6-20(13-18)27(33)34)9-10-21(24)16-31-25(32)23-8-3-11-30-26(23)35-22-7-1-4-17(12-22)15-29/h1-14H,16H2,(H,31,32)(H,33,34). The topological polar surface area (TPSA) is 112 Å². The molecule has 0 spiro atoms. The molecule has 4 rings (SSSR count). The van der Waals surface area contributed by atoms with Gasteiger partial charge in [-0.2, -0.15) is 5.26 Å². The minimum absolute atomic E-state index is 0.0502. The molecule has 1 heterocycles. The first kappa shape index (κ1) is 23.1. The molecule has 1 aromatic heterocycles. The maximum absolute atomic E-state index is 14.8. The molecule has 0 aliphatic heterocycles. The minimum Gasteiger partial charge on any atom is -0.478 e. The number of pyridine rings is 1. The molecule has 0 aliphatic carbocycles. The number of nitrogens with zero attached hydrogens (tertiary/aromatic N) is 2. The molecule has 0 aliphatic rings. The zero-order valence-corrected chi connectivity index (χ0v) is 18.2. The molecule has 0 saturated carbocycles. The zero-order chi connectivity index (χ0) is 24.8. The van der Waals surface area contributed by atoms with Crippen LogP contribution in [0.3, 0.4) is 0 Å². The van der Waals surface area contributed by atoms with E-state index in [4.69, 9.17) is 15.1 Å². The fraction of sp³-hybridized carbons (Fsp3) is 0.0370. The second kappa shape index (κ2) is 10.3. The van der Waals surface area contributed by atoms with Crippen LogP contribution in [0.25, 0.3) is 11.1 Å². The van der Waals surface area contributed by atoms with E-state index in [1.807, 2.05) is 6.07 Å². The Balaban J connectivity index is 1.48. The average Bonchev–Trinajstić information content (AvgIpc) is 2.88. The Hall–Kier alpha value is -5.03. The van der Waals surface area contributed by atoms with Crippen molar-refractivity contribution < 1.29 is 23.8 Å². The van der Waals surface area contributed by atoms with Crippen molar-refractivity contribution >= 4 is 11.9 Å². The summed E-state index contributed by atoms with van der Waals surface area (Å²) in [5, 5.41) is 20.9. The summed E-state index contributed by atoms with van der Waals surface area (Å²) in [5.74, 6) is -1.72. The van der Waals surface area contributed by atoms with E-state index < -0.39 is 17.7 Å². The predicted octanol–water partition coefficient (Wildman–Crippen LogP) is 5.18. The van der Waals surface area contributed by atoms with Crippen LogP contribution < -0.4 is 10.1 Å². The van der Waals surface area contributed by atoms with Gasteiger partial charge in [-0.05, 0) is 59.7 Å². The lowest BCUT2D eigenvalue weighted by molar-refractivity contribution is 0.0696. The third kappa shape index (κ3) is 5.49. The van der Waals surface area contributed by atoms with Crippen molar-refractivity contribution in [2.24, 2.45) is 0 Å². The van der Waals surface area contributed by atoms with E-state index in [2.05, 4.69) is 10.3 Å². The van der Waals surface area contributed by atoms with Gasteiger partial charge in [0.25, 0.3) is 5.91 Å². The van der Waals surface area contributed by atoms with E-state index in [-0.39, 0.29) is 29.1 Å². The largest absolute Gasteiger partial charge is 0.478 e. The first-order valence-corrected chi connectivity index (χ1v) is 10.5. The molecular formula is C27H18FN3O4. The fourth-order valence-electron chi connectivity index (χ4n) is 3.36. The lowest BCUT2D eigenvalue weighted by Crippen LogP contribution is -2.24. The van der Waals surface area contributed by atoms with Crippen molar-refractivity contribution in [1.29, 1.82) is 5.26 Å². The van der Waals surface area contributed by atoms with Crippen molar-refractivity contribution in [3.05, 3.63) is 113 Å². The van der Waals surface area contributed by atoms with Crippen molar-refractivity contribution in [3.8, 4) is 28.8 Å². The molecule has 0 fully saturated rings. The number of nitriles is 1. The van der Waals surface area contributed by atoms with Crippen molar-refractivity contribution in [3.63, 3.8) is 0 Å². The Morgan fingerprint density at radius 3 is 2.57 bits per heavy atom. The smallest absolute Gasteiger partial charge is 0.335 e. The highest BCUT2D eigenvalue weighted by molar-refractivity contribution is 5.96. The molecule has 7 nitrogen and oxygen atoms in total. The van der Waals surface area contributed by atoms with Gasteiger partial charge in [-0.15, -0.1) is 0 Å².